The molecule has 1 N–H and O–H groups in total. The Kier molecular flexibility index (Phi) is 4.02. The zero-order valence-electron chi connectivity index (χ0n) is 11.1. The van der Waals surface area contributed by atoms with Gasteiger partial charge >= 0.3 is 0 Å². The molecule has 0 aliphatic carbocycles. The summed E-state index contributed by atoms with van der Waals surface area (Å²) in [6.07, 6.45) is 0. The zero-order chi connectivity index (χ0) is 13.9. The Hall–Kier alpha value is -1.65. The van der Waals surface area contributed by atoms with Crippen LogP contribution in [0.25, 0.3) is 0 Å². The normalized spacial score (nSPS) is 11.5. The van der Waals surface area contributed by atoms with E-state index in [4.69, 9.17) is 0 Å². The summed E-state index contributed by atoms with van der Waals surface area (Å²) in [6, 6.07) is 14.4. The molecular formula is C15H17NO2S. The molecule has 4 heteroatoms. The highest BCUT2D eigenvalue weighted by Gasteiger charge is 2.12. The van der Waals surface area contributed by atoms with Crippen molar-refractivity contribution in [1.29, 1.82) is 0 Å². The van der Waals surface area contributed by atoms with E-state index in [0.717, 1.165) is 16.7 Å². The van der Waals surface area contributed by atoms with E-state index in [2.05, 4.69) is 10.8 Å². The lowest BCUT2D eigenvalue weighted by atomic mass is 10.1. The van der Waals surface area contributed by atoms with Gasteiger partial charge in [0.25, 0.3) is 0 Å². The molecule has 0 radical (unpaired) electrons. The van der Waals surface area contributed by atoms with E-state index in [1.807, 2.05) is 26.0 Å². The Labute approximate surface area is 114 Å². The first-order valence-electron chi connectivity index (χ1n) is 6.09. The van der Waals surface area contributed by atoms with E-state index in [9.17, 15) is 8.42 Å². The van der Waals surface area contributed by atoms with Gasteiger partial charge in [-0.1, -0.05) is 47.5 Å². The molecule has 0 heterocycles. The van der Waals surface area contributed by atoms with Crippen LogP contribution in [-0.4, -0.2) is 8.42 Å². The van der Waals surface area contributed by atoms with Crippen LogP contribution in [0.1, 0.15) is 16.7 Å². The van der Waals surface area contributed by atoms with Crippen molar-refractivity contribution in [3.8, 4) is 0 Å². The number of hydrogen-bond acceptors (Lipinski definition) is 2. The first-order chi connectivity index (χ1) is 8.97. The van der Waals surface area contributed by atoms with E-state index in [1.54, 1.807) is 30.3 Å². The molecule has 0 spiro atoms. The van der Waals surface area contributed by atoms with Crippen molar-refractivity contribution >= 4 is 10.0 Å². The average molecular weight is 275 g/mol. The van der Waals surface area contributed by atoms with Gasteiger partial charge in [0.2, 0.25) is 10.0 Å². The highest BCUT2D eigenvalue weighted by atomic mass is 32.2. The molecule has 2 aromatic carbocycles. The third-order valence-electron chi connectivity index (χ3n) is 2.80. The molecule has 3 nitrogen and oxygen atoms in total. The Bertz CT molecular complexity index is 644. The maximum atomic E-state index is 12.1. The molecule has 0 amide bonds. The number of benzene rings is 2. The Morgan fingerprint density at radius 1 is 0.947 bits per heavy atom. The van der Waals surface area contributed by atoms with Crippen molar-refractivity contribution < 1.29 is 8.42 Å². The smallest absolute Gasteiger partial charge is 0.207 e. The predicted molar refractivity (Wildman–Crippen MR) is 76.4 cm³/mol. The van der Waals surface area contributed by atoms with Crippen LogP contribution < -0.4 is 4.72 Å². The molecule has 2 rings (SSSR count). The second-order valence-electron chi connectivity index (χ2n) is 4.63. The zero-order valence-corrected chi connectivity index (χ0v) is 11.9. The van der Waals surface area contributed by atoms with Gasteiger partial charge in [-0.05, 0) is 31.5 Å². The fourth-order valence-electron chi connectivity index (χ4n) is 2.03. The molecular weight excluding hydrogens is 258 g/mol. The number of hydrogen-bond donors (Lipinski definition) is 1. The molecule has 0 aliphatic heterocycles. The molecule has 100 valence electrons. The van der Waals surface area contributed by atoms with E-state index in [-0.39, 0.29) is 0 Å². The van der Waals surface area contributed by atoms with Crippen molar-refractivity contribution in [2.45, 2.75) is 25.3 Å². The minimum absolute atomic E-state index is 0.291. The second-order valence-corrected chi connectivity index (χ2v) is 6.40. The number of nitrogens with one attached hydrogen (secondary N) is 1. The monoisotopic (exact) mass is 275 g/mol. The number of sulfonamides is 1. The first kappa shape index (κ1) is 13.8. The molecule has 0 unspecified atom stereocenters. The Morgan fingerprint density at radius 2 is 1.53 bits per heavy atom. The molecule has 0 bridgehead atoms. The van der Waals surface area contributed by atoms with Gasteiger partial charge in [-0.2, -0.15) is 0 Å². The number of rotatable bonds is 4. The van der Waals surface area contributed by atoms with Crippen LogP contribution in [0, 0.1) is 13.8 Å². The first-order valence-corrected chi connectivity index (χ1v) is 7.57. The topological polar surface area (TPSA) is 46.2 Å². The van der Waals surface area contributed by atoms with Crippen molar-refractivity contribution in [2.75, 3.05) is 0 Å². The fraction of sp³-hybridized carbons (Fsp3) is 0.200. The van der Waals surface area contributed by atoms with E-state index >= 15 is 0 Å². The van der Waals surface area contributed by atoms with Gasteiger partial charge in [0.05, 0.1) is 4.90 Å². The summed E-state index contributed by atoms with van der Waals surface area (Å²) in [7, 11) is -3.43. The molecule has 19 heavy (non-hydrogen) atoms. The summed E-state index contributed by atoms with van der Waals surface area (Å²) in [5, 5.41) is 0. The SMILES string of the molecule is Cc1cc(C)cc(CNS(=O)(=O)c2ccccc2)c1. The quantitative estimate of drug-likeness (QED) is 0.932. The van der Waals surface area contributed by atoms with Gasteiger partial charge in [0.1, 0.15) is 0 Å². The molecule has 0 atom stereocenters. The highest BCUT2D eigenvalue weighted by molar-refractivity contribution is 7.89. The molecule has 0 fully saturated rings. The maximum Gasteiger partial charge on any atom is 0.240 e. The van der Waals surface area contributed by atoms with E-state index in [0.29, 0.717) is 11.4 Å². The van der Waals surface area contributed by atoms with E-state index < -0.39 is 10.0 Å². The molecule has 0 aliphatic rings. The molecule has 0 saturated heterocycles. The lowest BCUT2D eigenvalue weighted by molar-refractivity contribution is 0.581. The Balaban J connectivity index is 2.14. The van der Waals surface area contributed by atoms with Gasteiger partial charge in [-0.25, -0.2) is 13.1 Å². The van der Waals surface area contributed by atoms with Crippen LogP contribution in [0.2, 0.25) is 0 Å². The van der Waals surface area contributed by atoms with Crippen LogP contribution in [0.3, 0.4) is 0 Å². The van der Waals surface area contributed by atoms with Gasteiger partial charge in [-0.15, -0.1) is 0 Å². The maximum absolute atomic E-state index is 12.1. The third kappa shape index (κ3) is 3.66. The van der Waals surface area contributed by atoms with Crippen LogP contribution in [-0.2, 0) is 16.6 Å². The lowest BCUT2D eigenvalue weighted by Gasteiger charge is -2.08. The van der Waals surface area contributed by atoms with Crippen LogP contribution in [0.4, 0.5) is 0 Å². The summed E-state index contributed by atoms with van der Waals surface area (Å²) in [4.78, 5) is 0.291. The number of aryl methyl sites for hydroxylation is 2. The minimum Gasteiger partial charge on any atom is -0.207 e. The Morgan fingerprint density at radius 3 is 2.11 bits per heavy atom. The largest absolute Gasteiger partial charge is 0.240 e. The standard InChI is InChI=1S/C15H17NO2S/c1-12-8-13(2)10-14(9-12)11-16-19(17,18)15-6-4-3-5-7-15/h3-10,16H,11H2,1-2H3. The summed E-state index contributed by atoms with van der Waals surface area (Å²) >= 11 is 0. The van der Waals surface area contributed by atoms with Gasteiger partial charge in [-0.3, -0.25) is 0 Å². The fourth-order valence-corrected chi connectivity index (χ4v) is 3.07. The van der Waals surface area contributed by atoms with Gasteiger partial charge < -0.3 is 0 Å². The van der Waals surface area contributed by atoms with Crippen molar-refractivity contribution in [2.24, 2.45) is 0 Å². The van der Waals surface area contributed by atoms with Gasteiger partial charge in [0.15, 0.2) is 0 Å². The summed E-state index contributed by atoms with van der Waals surface area (Å²) < 4.78 is 26.7. The summed E-state index contributed by atoms with van der Waals surface area (Å²) in [5.74, 6) is 0. The summed E-state index contributed by atoms with van der Waals surface area (Å²) in [5.41, 5.74) is 3.24. The van der Waals surface area contributed by atoms with E-state index in [1.165, 1.54) is 0 Å². The van der Waals surface area contributed by atoms with Crippen LogP contribution >= 0.6 is 0 Å². The minimum atomic E-state index is -3.43. The van der Waals surface area contributed by atoms with Crippen molar-refractivity contribution in [3.63, 3.8) is 0 Å². The molecule has 0 aromatic heterocycles. The van der Waals surface area contributed by atoms with Gasteiger partial charge in [0, 0.05) is 6.54 Å². The van der Waals surface area contributed by atoms with Crippen molar-refractivity contribution in [1.82, 2.24) is 4.72 Å². The third-order valence-corrected chi connectivity index (χ3v) is 4.22. The summed E-state index contributed by atoms with van der Waals surface area (Å²) in [6.45, 7) is 4.31. The average Bonchev–Trinajstić information content (AvgIpc) is 2.37. The molecule has 2 aromatic rings. The van der Waals surface area contributed by atoms with Crippen molar-refractivity contribution in [3.05, 3.63) is 65.2 Å². The van der Waals surface area contributed by atoms with Crippen LogP contribution in [0.5, 0.6) is 0 Å². The van der Waals surface area contributed by atoms with Crippen LogP contribution in [0.15, 0.2) is 53.4 Å². The lowest BCUT2D eigenvalue weighted by Crippen LogP contribution is -2.23. The second kappa shape index (κ2) is 5.55. The molecule has 0 saturated carbocycles. The predicted octanol–water partition coefficient (Wildman–Crippen LogP) is 2.78. The highest BCUT2D eigenvalue weighted by Crippen LogP contribution is 2.11.